The maximum atomic E-state index is 13.7. The number of nitrogens with zero attached hydrogens (tertiary/aromatic N) is 3. The number of rotatable bonds is 5. The summed E-state index contributed by atoms with van der Waals surface area (Å²) in [6.07, 6.45) is 6.50. The van der Waals surface area contributed by atoms with E-state index in [0.717, 1.165) is 34.5 Å². The Morgan fingerprint density at radius 3 is 2.66 bits per heavy atom. The highest BCUT2D eigenvalue weighted by molar-refractivity contribution is 6.09. The van der Waals surface area contributed by atoms with E-state index in [2.05, 4.69) is 32.8 Å². The fourth-order valence-corrected chi connectivity index (χ4v) is 5.12. The lowest BCUT2D eigenvalue weighted by molar-refractivity contribution is -0.116. The number of aromatic nitrogens is 3. The van der Waals surface area contributed by atoms with Gasteiger partial charge in [-0.05, 0) is 56.4 Å². The van der Waals surface area contributed by atoms with Crippen molar-refractivity contribution < 1.29 is 9.59 Å². The van der Waals surface area contributed by atoms with Crippen LogP contribution in [-0.2, 0) is 16.1 Å². The Morgan fingerprint density at radius 1 is 1.14 bits per heavy atom. The Balaban J connectivity index is 1.55. The number of hydrogen-bond donors (Lipinski definition) is 2. The van der Waals surface area contributed by atoms with Crippen molar-refractivity contribution >= 4 is 17.5 Å². The monoisotopic (exact) mass is 467 g/mol. The highest BCUT2D eigenvalue weighted by Gasteiger charge is 2.41. The van der Waals surface area contributed by atoms with Crippen molar-refractivity contribution in [3.8, 4) is 0 Å². The van der Waals surface area contributed by atoms with Crippen molar-refractivity contribution in [3.63, 3.8) is 0 Å². The molecule has 1 aliphatic heterocycles. The number of hydrogen-bond acceptors (Lipinski definition) is 5. The van der Waals surface area contributed by atoms with Crippen LogP contribution in [-0.4, -0.2) is 26.5 Å². The molecule has 1 amide bonds. The van der Waals surface area contributed by atoms with Gasteiger partial charge in [-0.1, -0.05) is 30.3 Å². The molecule has 0 spiro atoms. The molecule has 7 nitrogen and oxygen atoms in total. The molecule has 2 atom stereocenters. The van der Waals surface area contributed by atoms with E-state index >= 15 is 0 Å². The van der Waals surface area contributed by atoms with E-state index in [0.29, 0.717) is 29.9 Å². The van der Waals surface area contributed by atoms with E-state index in [1.165, 1.54) is 0 Å². The van der Waals surface area contributed by atoms with Crippen molar-refractivity contribution in [1.82, 2.24) is 20.1 Å². The van der Waals surface area contributed by atoms with Gasteiger partial charge in [0.25, 0.3) is 5.91 Å². The molecule has 0 unspecified atom stereocenters. The minimum atomic E-state index is -0.486. The van der Waals surface area contributed by atoms with Crippen LogP contribution >= 0.6 is 0 Å². The SMILES string of the molecule is CCn1cc([C@H]2C(C(=O)Nc3cc(C)ccn3)=C(C)NC3=C2C(=O)C[C@@H](c2ccccc2)C3)cn1. The number of anilines is 1. The number of pyridine rings is 1. The maximum absolute atomic E-state index is 13.7. The Labute approximate surface area is 205 Å². The number of dihydropyridines is 1. The van der Waals surface area contributed by atoms with Gasteiger partial charge in [-0.15, -0.1) is 0 Å². The van der Waals surface area contributed by atoms with E-state index < -0.39 is 5.92 Å². The molecular weight excluding hydrogens is 438 g/mol. The Bertz CT molecular complexity index is 1350. The fourth-order valence-electron chi connectivity index (χ4n) is 5.12. The van der Waals surface area contributed by atoms with Gasteiger partial charge in [-0.3, -0.25) is 14.3 Å². The second-order valence-corrected chi connectivity index (χ2v) is 9.23. The third-order valence-electron chi connectivity index (χ3n) is 6.81. The average Bonchev–Trinajstić information content (AvgIpc) is 3.32. The lowest BCUT2D eigenvalue weighted by Crippen LogP contribution is -2.37. The highest BCUT2D eigenvalue weighted by atomic mass is 16.2. The van der Waals surface area contributed by atoms with Crippen molar-refractivity contribution in [2.75, 3.05) is 5.32 Å². The molecule has 3 aromatic rings. The zero-order valence-electron chi connectivity index (χ0n) is 20.2. The van der Waals surface area contributed by atoms with Crippen molar-refractivity contribution in [2.45, 2.75) is 52.0 Å². The summed E-state index contributed by atoms with van der Waals surface area (Å²) in [5, 5.41) is 10.8. The lowest BCUT2D eigenvalue weighted by atomic mass is 9.72. The smallest absolute Gasteiger partial charge is 0.255 e. The standard InChI is InChI=1S/C28H29N5O2/c1-4-33-16-21(15-30-33)26-25(28(35)32-24-12-17(2)10-11-29-24)18(3)31-22-13-20(14-23(34)27(22)26)19-8-6-5-7-9-19/h5-12,15-16,20,26,31H,4,13-14H2,1-3H3,(H,29,32,35)/t20-,26-/m0/s1. The maximum Gasteiger partial charge on any atom is 0.255 e. The minimum Gasteiger partial charge on any atom is -0.362 e. The summed E-state index contributed by atoms with van der Waals surface area (Å²) in [6, 6.07) is 13.9. The largest absolute Gasteiger partial charge is 0.362 e. The summed E-state index contributed by atoms with van der Waals surface area (Å²) in [5.41, 5.74) is 5.82. The van der Waals surface area contributed by atoms with Gasteiger partial charge in [0.05, 0.1) is 6.20 Å². The molecule has 3 heterocycles. The number of amides is 1. The highest BCUT2D eigenvalue weighted by Crippen LogP contribution is 2.45. The molecule has 5 rings (SSSR count). The van der Waals surface area contributed by atoms with Crippen molar-refractivity contribution in [1.29, 1.82) is 0 Å². The van der Waals surface area contributed by atoms with Gasteiger partial charge in [0.15, 0.2) is 5.78 Å². The van der Waals surface area contributed by atoms with Crippen LogP contribution in [0.5, 0.6) is 0 Å². The summed E-state index contributed by atoms with van der Waals surface area (Å²) < 4.78 is 1.82. The summed E-state index contributed by atoms with van der Waals surface area (Å²) in [4.78, 5) is 31.5. The average molecular weight is 468 g/mol. The summed E-state index contributed by atoms with van der Waals surface area (Å²) >= 11 is 0. The number of benzene rings is 1. The van der Waals surface area contributed by atoms with Gasteiger partial charge in [0.2, 0.25) is 0 Å². The number of allylic oxidation sites excluding steroid dienone is 3. The molecule has 0 saturated carbocycles. The normalized spacial score (nSPS) is 19.9. The Morgan fingerprint density at radius 2 is 1.94 bits per heavy atom. The topological polar surface area (TPSA) is 88.9 Å². The molecule has 0 fully saturated rings. The van der Waals surface area contributed by atoms with Crippen LogP contribution in [0.4, 0.5) is 5.82 Å². The number of ketones is 1. The van der Waals surface area contributed by atoms with E-state index in [4.69, 9.17) is 0 Å². The molecule has 2 N–H and O–H groups in total. The Kier molecular flexibility index (Phi) is 6.07. The zero-order valence-corrected chi connectivity index (χ0v) is 20.2. The molecule has 7 heteroatoms. The number of nitrogens with one attached hydrogen (secondary N) is 2. The van der Waals surface area contributed by atoms with Gasteiger partial charge in [0, 0.05) is 59.4 Å². The molecule has 2 aliphatic rings. The lowest BCUT2D eigenvalue weighted by Gasteiger charge is -2.36. The predicted molar refractivity (Wildman–Crippen MR) is 135 cm³/mol. The molecular formula is C28H29N5O2. The van der Waals surface area contributed by atoms with Crippen LogP contribution in [0, 0.1) is 6.92 Å². The first-order valence-electron chi connectivity index (χ1n) is 12.0. The minimum absolute atomic E-state index is 0.0633. The zero-order chi connectivity index (χ0) is 24.5. The third kappa shape index (κ3) is 4.41. The predicted octanol–water partition coefficient (Wildman–Crippen LogP) is 4.61. The number of carbonyl (C=O) groups excluding carboxylic acids is 2. The van der Waals surface area contributed by atoms with Crippen LogP contribution in [0.25, 0.3) is 0 Å². The fraction of sp³-hybridized carbons (Fsp3) is 0.286. The summed E-state index contributed by atoms with van der Waals surface area (Å²) in [7, 11) is 0. The summed E-state index contributed by atoms with van der Waals surface area (Å²) in [6.45, 7) is 6.57. The number of Topliss-reactive ketones (excluding diaryl/α,β-unsaturated/α-hetero) is 1. The molecule has 0 radical (unpaired) electrons. The van der Waals surface area contributed by atoms with E-state index in [1.54, 1.807) is 12.4 Å². The quantitative estimate of drug-likeness (QED) is 0.572. The van der Waals surface area contributed by atoms with Crippen LogP contribution < -0.4 is 10.6 Å². The van der Waals surface area contributed by atoms with Gasteiger partial charge in [0.1, 0.15) is 5.82 Å². The molecule has 35 heavy (non-hydrogen) atoms. The van der Waals surface area contributed by atoms with Gasteiger partial charge >= 0.3 is 0 Å². The van der Waals surface area contributed by atoms with E-state index in [1.807, 2.05) is 62.0 Å². The van der Waals surface area contributed by atoms with Gasteiger partial charge in [-0.2, -0.15) is 5.10 Å². The van der Waals surface area contributed by atoms with Crippen molar-refractivity contribution in [3.05, 3.63) is 100 Å². The van der Waals surface area contributed by atoms with E-state index in [9.17, 15) is 9.59 Å². The second kappa shape index (κ2) is 9.33. The first-order chi connectivity index (χ1) is 16.9. The Hall–Kier alpha value is -4.00. The first kappa shape index (κ1) is 22.8. The molecule has 2 aromatic heterocycles. The van der Waals surface area contributed by atoms with Crippen LogP contribution in [0.1, 0.15) is 55.2 Å². The molecule has 1 aliphatic carbocycles. The molecule has 0 saturated heterocycles. The number of carbonyl (C=O) groups is 2. The van der Waals surface area contributed by atoms with E-state index in [-0.39, 0.29) is 17.6 Å². The van der Waals surface area contributed by atoms with Crippen molar-refractivity contribution in [2.24, 2.45) is 0 Å². The summed E-state index contributed by atoms with van der Waals surface area (Å²) in [5.74, 6) is -0.105. The van der Waals surface area contributed by atoms with Gasteiger partial charge in [-0.25, -0.2) is 4.98 Å². The van der Waals surface area contributed by atoms with Gasteiger partial charge < -0.3 is 10.6 Å². The van der Waals surface area contributed by atoms with Crippen LogP contribution in [0.3, 0.4) is 0 Å². The molecule has 1 aromatic carbocycles. The number of aryl methyl sites for hydroxylation is 2. The third-order valence-corrected chi connectivity index (χ3v) is 6.81. The molecule has 0 bridgehead atoms. The first-order valence-corrected chi connectivity index (χ1v) is 12.0. The second-order valence-electron chi connectivity index (χ2n) is 9.23. The molecule has 178 valence electrons. The van der Waals surface area contributed by atoms with Crippen LogP contribution in [0.15, 0.2) is 83.6 Å². The van der Waals surface area contributed by atoms with Crippen LogP contribution in [0.2, 0.25) is 0 Å².